The Balaban J connectivity index is 1.23. The van der Waals surface area contributed by atoms with Crippen LogP contribution in [0, 0.1) is 0 Å². The number of amides is 1. The molecule has 3 aromatic carbocycles. The monoisotopic (exact) mass is 428 g/mol. The van der Waals surface area contributed by atoms with Crippen LogP contribution in [0.3, 0.4) is 0 Å². The molecule has 7 heteroatoms. The molecular weight excluding hydrogens is 412 g/mol. The van der Waals surface area contributed by atoms with E-state index in [1.807, 2.05) is 48.5 Å². The lowest BCUT2D eigenvalue weighted by Gasteiger charge is -2.08. The van der Waals surface area contributed by atoms with Gasteiger partial charge >= 0.3 is 5.63 Å². The van der Waals surface area contributed by atoms with Crippen molar-refractivity contribution in [1.29, 1.82) is 0 Å². The summed E-state index contributed by atoms with van der Waals surface area (Å²) in [7, 11) is 0. The van der Waals surface area contributed by atoms with E-state index in [0.29, 0.717) is 17.0 Å². The average molecular weight is 428 g/mol. The number of nitrogens with zero attached hydrogens (tertiary/aromatic N) is 1. The second kappa shape index (κ2) is 8.04. The molecule has 0 radical (unpaired) electrons. The smallest absolute Gasteiger partial charge is 0.336 e. The first-order valence-corrected chi connectivity index (χ1v) is 10.4. The number of fused-ring (bicyclic) bond motifs is 2. The summed E-state index contributed by atoms with van der Waals surface area (Å²) in [6.45, 7) is -0.164. The highest BCUT2D eigenvalue weighted by molar-refractivity contribution is 7.21. The molecule has 31 heavy (non-hydrogen) atoms. The van der Waals surface area contributed by atoms with Gasteiger partial charge in [-0.05, 0) is 54.6 Å². The molecule has 0 spiro atoms. The molecule has 5 rings (SSSR count). The van der Waals surface area contributed by atoms with Gasteiger partial charge in [0.05, 0.1) is 10.2 Å². The Morgan fingerprint density at radius 1 is 1.00 bits per heavy atom. The van der Waals surface area contributed by atoms with Crippen LogP contribution in [0.5, 0.6) is 5.75 Å². The largest absolute Gasteiger partial charge is 0.484 e. The van der Waals surface area contributed by atoms with Crippen molar-refractivity contribution in [3.05, 3.63) is 89.3 Å². The summed E-state index contributed by atoms with van der Waals surface area (Å²) in [5.74, 6) is 0.158. The third-order valence-corrected chi connectivity index (χ3v) is 5.76. The molecule has 1 N–H and O–H groups in total. The zero-order chi connectivity index (χ0) is 21.2. The van der Waals surface area contributed by atoms with Gasteiger partial charge in [0.15, 0.2) is 6.61 Å². The zero-order valence-electron chi connectivity index (χ0n) is 16.2. The van der Waals surface area contributed by atoms with E-state index < -0.39 is 5.63 Å². The number of carbonyl (C=O) groups is 1. The van der Waals surface area contributed by atoms with E-state index >= 15 is 0 Å². The van der Waals surface area contributed by atoms with Crippen LogP contribution in [-0.4, -0.2) is 17.5 Å². The Labute approximate surface area is 180 Å². The standard InChI is InChI=1S/C24H16N2O4S/c27-22(14-29-18-11-7-15-8-12-23(28)30-20(15)13-18)25-17-9-5-16(6-10-17)24-26-19-3-1-2-4-21(19)31-24/h1-13H,14H2,(H,25,27). The fraction of sp³-hybridized carbons (Fsp3) is 0.0417. The Morgan fingerprint density at radius 2 is 1.81 bits per heavy atom. The lowest BCUT2D eigenvalue weighted by molar-refractivity contribution is -0.118. The molecule has 152 valence electrons. The first-order chi connectivity index (χ1) is 15.1. The molecule has 0 aliphatic carbocycles. The van der Waals surface area contributed by atoms with E-state index in [1.54, 1.807) is 35.6 Å². The van der Waals surface area contributed by atoms with Crippen LogP contribution in [0.2, 0.25) is 0 Å². The number of hydrogen-bond acceptors (Lipinski definition) is 6. The maximum absolute atomic E-state index is 12.3. The number of hydrogen-bond donors (Lipinski definition) is 1. The van der Waals surface area contributed by atoms with Crippen molar-refractivity contribution in [3.63, 3.8) is 0 Å². The number of carbonyl (C=O) groups excluding carboxylic acids is 1. The highest BCUT2D eigenvalue weighted by Gasteiger charge is 2.08. The number of benzene rings is 3. The van der Waals surface area contributed by atoms with Gasteiger partial charge in [-0.3, -0.25) is 4.79 Å². The molecule has 2 aromatic heterocycles. The van der Waals surface area contributed by atoms with Crippen LogP contribution in [0.25, 0.3) is 31.8 Å². The molecule has 0 saturated carbocycles. The number of rotatable bonds is 5. The predicted molar refractivity (Wildman–Crippen MR) is 122 cm³/mol. The summed E-state index contributed by atoms with van der Waals surface area (Å²) in [5.41, 5.74) is 2.62. The van der Waals surface area contributed by atoms with Crippen molar-refractivity contribution in [2.75, 3.05) is 11.9 Å². The number of anilines is 1. The summed E-state index contributed by atoms with van der Waals surface area (Å²) in [6, 6.07) is 23.7. The lowest BCUT2D eigenvalue weighted by atomic mass is 10.2. The minimum Gasteiger partial charge on any atom is -0.484 e. The van der Waals surface area contributed by atoms with Crippen LogP contribution in [0.1, 0.15) is 0 Å². The molecule has 2 heterocycles. The summed E-state index contributed by atoms with van der Waals surface area (Å²) in [4.78, 5) is 28.3. The maximum Gasteiger partial charge on any atom is 0.336 e. The molecule has 0 aliphatic heterocycles. The fourth-order valence-electron chi connectivity index (χ4n) is 3.17. The van der Waals surface area contributed by atoms with Crippen molar-refractivity contribution in [2.24, 2.45) is 0 Å². The van der Waals surface area contributed by atoms with Gasteiger partial charge in [0.25, 0.3) is 5.91 Å². The Morgan fingerprint density at radius 3 is 2.65 bits per heavy atom. The van der Waals surface area contributed by atoms with Gasteiger partial charge in [0.2, 0.25) is 0 Å². The molecule has 0 unspecified atom stereocenters. The van der Waals surface area contributed by atoms with E-state index in [2.05, 4.69) is 10.3 Å². The number of ether oxygens (including phenoxy) is 1. The Bertz CT molecular complexity index is 1420. The lowest BCUT2D eigenvalue weighted by Crippen LogP contribution is -2.20. The third-order valence-electron chi connectivity index (χ3n) is 4.67. The van der Waals surface area contributed by atoms with Gasteiger partial charge in [0, 0.05) is 28.8 Å². The van der Waals surface area contributed by atoms with Gasteiger partial charge in [-0.15, -0.1) is 11.3 Å². The van der Waals surface area contributed by atoms with Crippen LogP contribution in [-0.2, 0) is 4.79 Å². The fourth-order valence-corrected chi connectivity index (χ4v) is 4.14. The Hall–Kier alpha value is -3.97. The van der Waals surface area contributed by atoms with Crippen LogP contribution in [0.4, 0.5) is 5.69 Å². The average Bonchev–Trinajstić information content (AvgIpc) is 3.22. The Kier molecular flexibility index (Phi) is 4.93. The van der Waals surface area contributed by atoms with Gasteiger partial charge in [-0.25, -0.2) is 9.78 Å². The molecule has 0 bridgehead atoms. The summed E-state index contributed by atoms with van der Waals surface area (Å²) < 4.78 is 11.8. The molecule has 0 aliphatic rings. The van der Waals surface area contributed by atoms with E-state index in [1.165, 1.54) is 6.07 Å². The minimum absolute atomic E-state index is 0.164. The van der Waals surface area contributed by atoms with Crippen molar-refractivity contribution >= 4 is 44.1 Å². The van der Waals surface area contributed by atoms with Crippen LogP contribution >= 0.6 is 11.3 Å². The molecular formula is C24H16N2O4S. The van der Waals surface area contributed by atoms with Crippen LogP contribution < -0.4 is 15.7 Å². The normalized spacial score (nSPS) is 11.0. The van der Waals surface area contributed by atoms with E-state index in [-0.39, 0.29) is 12.5 Å². The summed E-state index contributed by atoms with van der Waals surface area (Å²) in [5, 5.41) is 4.53. The van der Waals surface area contributed by atoms with Crippen molar-refractivity contribution in [3.8, 4) is 16.3 Å². The molecule has 0 fully saturated rings. The molecule has 0 atom stereocenters. The number of para-hydroxylation sites is 1. The number of thiazole rings is 1. The van der Waals surface area contributed by atoms with Crippen molar-refractivity contribution in [1.82, 2.24) is 4.98 Å². The first kappa shape index (κ1) is 19.0. The highest BCUT2D eigenvalue weighted by atomic mass is 32.1. The third kappa shape index (κ3) is 4.17. The number of aromatic nitrogens is 1. The van der Waals surface area contributed by atoms with Crippen molar-refractivity contribution in [2.45, 2.75) is 0 Å². The maximum atomic E-state index is 12.3. The SMILES string of the molecule is O=C(COc1ccc2ccc(=O)oc2c1)Nc1ccc(-c2nc3ccccc3s2)cc1. The van der Waals surface area contributed by atoms with Crippen molar-refractivity contribution < 1.29 is 13.9 Å². The molecule has 6 nitrogen and oxygen atoms in total. The van der Waals surface area contributed by atoms with E-state index in [4.69, 9.17) is 9.15 Å². The van der Waals surface area contributed by atoms with E-state index in [9.17, 15) is 9.59 Å². The van der Waals surface area contributed by atoms with Crippen LogP contribution in [0.15, 0.2) is 88.1 Å². The molecule has 5 aromatic rings. The quantitative estimate of drug-likeness (QED) is 0.395. The van der Waals surface area contributed by atoms with Gasteiger partial charge in [0.1, 0.15) is 16.3 Å². The number of nitrogens with one attached hydrogen (secondary N) is 1. The van der Waals surface area contributed by atoms with E-state index in [0.717, 1.165) is 26.2 Å². The van der Waals surface area contributed by atoms with Gasteiger partial charge in [-0.1, -0.05) is 12.1 Å². The topological polar surface area (TPSA) is 81.4 Å². The minimum atomic E-state index is -0.434. The van der Waals surface area contributed by atoms with Gasteiger partial charge in [-0.2, -0.15) is 0 Å². The predicted octanol–water partition coefficient (Wildman–Crippen LogP) is 5.09. The summed E-state index contributed by atoms with van der Waals surface area (Å²) in [6.07, 6.45) is 0. The zero-order valence-corrected chi connectivity index (χ0v) is 17.0. The van der Waals surface area contributed by atoms with Gasteiger partial charge < -0.3 is 14.5 Å². The molecule has 0 saturated heterocycles. The first-order valence-electron chi connectivity index (χ1n) is 9.57. The second-order valence-corrected chi connectivity index (χ2v) is 7.89. The highest BCUT2D eigenvalue weighted by Crippen LogP contribution is 2.30. The molecule has 1 amide bonds. The second-order valence-electron chi connectivity index (χ2n) is 6.86. The summed E-state index contributed by atoms with van der Waals surface area (Å²) >= 11 is 1.63.